The van der Waals surface area contributed by atoms with Crippen LogP contribution in [0, 0.1) is 10.1 Å². The van der Waals surface area contributed by atoms with E-state index in [0.29, 0.717) is 44.0 Å². The molecule has 1 aliphatic rings. The number of benzene rings is 2. The quantitative estimate of drug-likeness (QED) is 0.211. The number of ether oxygens (including phenoxy) is 2. The number of methoxy groups -OCH3 is 2. The van der Waals surface area contributed by atoms with Crippen LogP contribution in [0.1, 0.15) is 40.5 Å². The maximum atomic E-state index is 12.7. The molecule has 0 atom stereocenters. The zero-order valence-electron chi connectivity index (χ0n) is 19.5. The van der Waals surface area contributed by atoms with E-state index < -0.39 is 16.6 Å². The van der Waals surface area contributed by atoms with Gasteiger partial charge in [0.25, 0.3) is 11.6 Å². The molecule has 1 aromatic heterocycles. The van der Waals surface area contributed by atoms with E-state index in [4.69, 9.17) is 9.47 Å². The molecule has 1 saturated heterocycles. The van der Waals surface area contributed by atoms with Crippen LogP contribution >= 0.6 is 0 Å². The van der Waals surface area contributed by atoms with E-state index in [1.165, 1.54) is 24.3 Å². The zero-order chi connectivity index (χ0) is 24.9. The van der Waals surface area contributed by atoms with Crippen molar-refractivity contribution in [1.29, 1.82) is 0 Å². The monoisotopic (exact) mass is 478 g/mol. The second-order valence-electron chi connectivity index (χ2n) is 8.33. The number of nitro benzene ring substituents is 1. The lowest BCUT2D eigenvalue weighted by atomic mass is 9.95. The average molecular weight is 479 g/mol. The Morgan fingerprint density at radius 3 is 2.26 bits per heavy atom. The van der Waals surface area contributed by atoms with Crippen LogP contribution < -0.4 is 9.47 Å². The fraction of sp³-hybridized carbons (Fsp3) is 0.320. The van der Waals surface area contributed by atoms with Crippen molar-refractivity contribution >= 4 is 17.4 Å². The summed E-state index contributed by atoms with van der Waals surface area (Å²) in [6.45, 7) is 1.46. The van der Waals surface area contributed by atoms with Gasteiger partial charge in [-0.05, 0) is 42.7 Å². The van der Waals surface area contributed by atoms with Gasteiger partial charge in [0.2, 0.25) is 5.78 Å². The number of aromatic nitrogens is 2. The van der Waals surface area contributed by atoms with Crippen molar-refractivity contribution < 1.29 is 24.0 Å². The van der Waals surface area contributed by atoms with Crippen molar-refractivity contribution in [3.8, 4) is 11.5 Å². The maximum absolute atomic E-state index is 12.7. The molecule has 2 heterocycles. The second kappa shape index (κ2) is 10.4. The molecule has 3 aromatic rings. The highest BCUT2D eigenvalue weighted by molar-refractivity contribution is 6.42. The van der Waals surface area contributed by atoms with Gasteiger partial charge in [0, 0.05) is 61.7 Å². The highest BCUT2D eigenvalue weighted by Gasteiger charge is 2.30. The number of piperidine rings is 1. The lowest BCUT2D eigenvalue weighted by Crippen LogP contribution is -2.42. The van der Waals surface area contributed by atoms with Gasteiger partial charge in [-0.15, -0.1) is 0 Å². The van der Waals surface area contributed by atoms with Crippen molar-refractivity contribution in [2.45, 2.75) is 25.3 Å². The highest BCUT2D eigenvalue weighted by Crippen LogP contribution is 2.29. The summed E-state index contributed by atoms with van der Waals surface area (Å²) in [7, 11) is 3.23. The molecule has 0 spiro atoms. The molecule has 0 saturated carbocycles. The van der Waals surface area contributed by atoms with Crippen LogP contribution in [0.3, 0.4) is 0 Å². The van der Waals surface area contributed by atoms with Crippen LogP contribution in [0.2, 0.25) is 0 Å². The van der Waals surface area contributed by atoms with Crippen LogP contribution in [-0.2, 0) is 11.3 Å². The third-order valence-electron chi connectivity index (χ3n) is 6.19. The Labute approximate surface area is 202 Å². The Morgan fingerprint density at radius 2 is 1.69 bits per heavy atom. The van der Waals surface area contributed by atoms with Crippen molar-refractivity contribution in [2.75, 3.05) is 27.3 Å². The van der Waals surface area contributed by atoms with E-state index in [-0.39, 0.29) is 17.2 Å². The lowest BCUT2D eigenvalue weighted by Gasteiger charge is -2.31. The molecule has 1 amide bonds. The predicted octanol–water partition coefficient (Wildman–Crippen LogP) is 3.45. The SMILES string of the molecule is COc1cc(Cn2ccnc2C2CCN(C(=O)C(=O)c3ccc([N+](=O)[O-])cc3)CC2)cc(OC)c1. The van der Waals surface area contributed by atoms with E-state index in [1.54, 1.807) is 25.3 Å². The summed E-state index contributed by atoms with van der Waals surface area (Å²) in [5.74, 6) is 1.25. The number of amides is 1. The summed E-state index contributed by atoms with van der Waals surface area (Å²) in [6.07, 6.45) is 5.05. The number of hydrogen-bond acceptors (Lipinski definition) is 7. The van der Waals surface area contributed by atoms with Gasteiger partial charge < -0.3 is 18.9 Å². The van der Waals surface area contributed by atoms with E-state index in [2.05, 4.69) is 9.55 Å². The fourth-order valence-corrected chi connectivity index (χ4v) is 4.31. The van der Waals surface area contributed by atoms with Gasteiger partial charge >= 0.3 is 0 Å². The Hall–Kier alpha value is -4.21. The molecule has 0 unspecified atom stereocenters. The minimum atomic E-state index is -0.660. The maximum Gasteiger partial charge on any atom is 0.294 e. The second-order valence-corrected chi connectivity index (χ2v) is 8.33. The van der Waals surface area contributed by atoms with Crippen LogP contribution in [0.5, 0.6) is 11.5 Å². The molecule has 1 aliphatic heterocycles. The first kappa shape index (κ1) is 23.9. The molecule has 2 aromatic carbocycles. The molecule has 4 rings (SSSR count). The molecule has 10 nitrogen and oxygen atoms in total. The number of ketones is 1. The number of imidazole rings is 1. The van der Waals surface area contributed by atoms with Gasteiger partial charge in [0.05, 0.1) is 19.1 Å². The summed E-state index contributed by atoms with van der Waals surface area (Å²) in [6, 6.07) is 10.8. The minimum absolute atomic E-state index is 0.127. The lowest BCUT2D eigenvalue weighted by molar-refractivity contribution is -0.384. The molecule has 0 aliphatic carbocycles. The molecular formula is C25H26N4O6. The van der Waals surface area contributed by atoms with Crippen molar-refractivity contribution in [3.05, 3.63) is 81.9 Å². The Kier molecular flexibility index (Phi) is 7.09. The van der Waals surface area contributed by atoms with E-state index in [0.717, 1.165) is 11.4 Å². The number of nitrogens with zero attached hydrogens (tertiary/aromatic N) is 4. The summed E-state index contributed by atoms with van der Waals surface area (Å²) >= 11 is 0. The smallest absolute Gasteiger partial charge is 0.294 e. The fourth-order valence-electron chi connectivity index (χ4n) is 4.31. The molecular weight excluding hydrogens is 452 g/mol. The van der Waals surface area contributed by atoms with Crippen LogP contribution in [0.15, 0.2) is 54.9 Å². The van der Waals surface area contributed by atoms with E-state index in [9.17, 15) is 19.7 Å². The number of likely N-dealkylation sites (tertiary alicyclic amines) is 1. The third kappa shape index (κ3) is 5.32. The largest absolute Gasteiger partial charge is 0.497 e. The van der Waals surface area contributed by atoms with Crippen molar-refractivity contribution in [3.63, 3.8) is 0 Å². The number of non-ortho nitro benzene ring substituents is 1. The predicted molar refractivity (Wildman–Crippen MR) is 127 cm³/mol. The number of nitro groups is 1. The number of hydrogen-bond donors (Lipinski definition) is 0. The first-order valence-corrected chi connectivity index (χ1v) is 11.2. The molecule has 182 valence electrons. The van der Waals surface area contributed by atoms with Crippen LogP contribution in [0.25, 0.3) is 0 Å². The third-order valence-corrected chi connectivity index (χ3v) is 6.19. The van der Waals surface area contributed by atoms with Gasteiger partial charge in [-0.2, -0.15) is 0 Å². The minimum Gasteiger partial charge on any atom is -0.497 e. The first-order chi connectivity index (χ1) is 16.9. The molecule has 0 radical (unpaired) electrons. The topological polar surface area (TPSA) is 117 Å². The summed E-state index contributed by atoms with van der Waals surface area (Å²) in [5.41, 5.74) is 1.03. The van der Waals surface area contributed by atoms with E-state index >= 15 is 0 Å². The van der Waals surface area contributed by atoms with Crippen molar-refractivity contribution in [2.24, 2.45) is 0 Å². The van der Waals surface area contributed by atoms with Gasteiger partial charge in [-0.1, -0.05) is 0 Å². The number of rotatable bonds is 8. The van der Waals surface area contributed by atoms with E-state index in [1.807, 2.05) is 24.4 Å². The first-order valence-electron chi connectivity index (χ1n) is 11.2. The number of carbonyl (C=O) groups excluding carboxylic acids is 2. The molecule has 1 fully saturated rings. The number of carbonyl (C=O) groups is 2. The summed E-state index contributed by atoms with van der Waals surface area (Å²) < 4.78 is 12.8. The molecule has 35 heavy (non-hydrogen) atoms. The van der Waals surface area contributed by atoms with Gasteiger partial charge in [-0.25, -0.2) is 4.98 Å². The normalized spacial score (nSPS) is 13.9. The molecule has 0 N–H and O–H groups in total. The summed E-state index contributed by atoms with van der Waals surface area (Å²) in [4.78, 5) is 41.7. The standard InChI is InChI=1S/C25H26N4O6/c1-34-21-13-17(14-22(15-21)35-2)16-28-12-9-26-24(28)19-7-10-27(11-8-19)25(31)23(30)18-3-5-20(6-4-18)29(32)33/h3-6,9,12-15,19H,7-8,10-11,16H2,1-2H3. The zero-order valence-corrected chi connectivity index (χ0v) is 19.5. The highest BCUT2D eigenvalue weighted by atomic mass is 16.6. The Morgan fingerprint density at radius 1 is 1.06 bits per heavy atom. The molecule has 10 heteroatoms. The number of Topliss-reactive ketones (excluding diaryl/α,β-unsaturated/α-hetero) is 1. The van der Waals surface area contributed by atoms with Gasteiger partial charge in [0.1, 0.15) is 17.3 Å². The molecule has 0 bridgehead atoms. The van der Waals surface area contributed by atoms with Crippen LogP contribution in [0.4, 0.5) is 5.69 Å². The van der Waals surface area contributed by atoms with Crippen molar-refractivity contribution in [1.82, 2.24) is 14.5 Å². The van der Waals surface area contributed by atoms with Crippen LogP contribution in [-0.4, -0.2) is 58.4 Å². The van der Waals surface area contributed by atoms with Gasteiger partial charge in [-0.3, -0.25) is 19.7 Å². The van der Waals surface area contributed by atoms with Gasteiger partial charge in [0.15, 0.2) is 0 Å². The summed E-state index contributed by atoms with van der Waals surface area (Å²) in [5, 5.41) is 10.8. The average Bonchev–Trinajstić information content (AvgIpc) is 3.35. The Bertz CT molecular complexity index is 1210. The Balaban J connectivity index is 1.40.